The lowest BCUT2D eigenvalue weighted by Gasteiger charge is -2.26. The molecule has 1 atom stereocenters. The minimum Gasteiger partial charge on any atom is -0.476 e. The van der Waals surface area contributed by atoms with Crippen LogP contribution in [-0.4, -0.2) is 25.0 Å². The number of amides is 1. The van der Waals surface area contributed by atoms with Gasteiger partial charge in [-0.15, -0.1) is 0 Å². The van der Waals surface area contributed by atoms with Crippen LogP contribution in [0.4, 0.5) is 8.78 Å². The number of ether oxygens (including phenoxy) is 1. The van der Waals surface area contributed by atoms with Gasteiger partial charge in [0.25, 0.3) is 5.91 Å². The van der Waals surface area contributed by atoms with Crippen molar-refractivity contribution < 1.29 is 18.3 Å². The lowest BCUT2D eigenvalue weighted by Crippen LogP contribution is -2.45. The lowest BCUT2D eigenvalue weighted by atomic mass is 10.0. The number of rotatable bonds is 5. The van der Waals surface area contributed by atoms with Gasteiger partial charge in [0.15, 0.2) is 11.6 Å². The highest BCUT2D eigenvalue weighted by molar-refractivity contribution is 5.82. The molecule has 1 heterocycles. The highest BCUT2D eigenvalue weighted by Gasteiger charge is 2.26. The van der Waals surface area contributed by atoms with Crippen molar-refractivity contribution in [3.05, 3.63) is 65.7 Å². The number of carbonyl (C=O) groups excluding carboxylic acids is 1. The fraction of sp³-hybridized carbons (Fsp3) is 0.316. The van der Waals surface area contributed by atoms with Crippen LogP contribution in [0.15, 0.2) is 48.5 Å². The summed E-state index contributed by atoms with van der Waals surface area (Å²) in [6, 6.07) is 12.3. The zero-order valence-electron chi connectivity index (χ0n) is 13.7. The van der Waals surface area contributed by atoms with E-state index in [0.29, 0.717) is 5.56 Å². The molecule has 1 aliphatic rings. The van der Waals surface area contributed by atoms with Crippen LogP contribution < -0.4 is 15.4 Å². The molecule has 2 N–H and O–H groups in total. The van der Waals surface area contributed by atoms with Crippen molar-refractivity contribution in [3.8, 4) is 5.75 Å². The molecular formula is C19H20F2N2O2. The predicted molar refractivity (Wildman–Crippen MR) is 90.2 cm³/mol. The SMILES string of the molecule is O=C(NC1CCNCC1)C(Oc1ccc(F)c(F)c1)c1ccccc1. The molecule has 25 heavy (non-hydrogen) atoms. The third kappa shape index (κ3) is 4.54. The standard InChI is InChI=1S/C19H20F2N2O2/c20-16-7-6-15(12-17(16)21)25-18(13-4-2-1-3-5-13)19(24)23-14-8-10-22-11-9-14/h1-7,12,14,18,22H,8-11H2,(H,23,24). The molecule has 3 rings (SSSR count). The fourth-order valence-electron chi connectivity index (χ4n) is 2.83. The van der Waals surface area contributed by atoms with Crippen LogP contribution in [0.3, 0.4) is 0 Å². The van der Waals surface area contributed by atoms with Gasteiger partial charge in [-0.1, -0.05) is 30.3 Å². The minimum atomic E-state index is -1.01. The average molecular weight is 346 g/mol. The Morgan fingerprint density at radius 1 is 1.08 bits per heavy atom. The summed E-state index contributed by atoms with van der Waals surface area (Å²) in [7, 11) is 0. The molecule has 0 aromatic heterocycles. The lowest BCUT2D eigenvalue weighted by molar-refractivity contribution is -0.129. The van der Waals surface area contributed by atoms with Crippen LogP contribution in [0.5, 0.6) is 5.75 Å². The zero-order chi connectivity index (χ0) is 17.6. The molecule has 0 spiro atoms. The van der Waals surface area contributed by atoms with Gasteiger partial charge in [-0.3, -0.25) is 4.79 Å². The zero-order valence-corrected chi connectivity index (χ0v) is 13.7. The van der Waals surface area contributed by atoms with Gasteiger partial charge < -0.3 is 15.4 Å². The van der Waals surface area contributed by atoms with Gasteiger partial charge in [-0.2, -0.15) is 0 Å². The second-order valence-electron chi connectivity index (χ2n) is 6.02. The van der Waals surface area contributed by atoms with E-state index in [1.54, 1.807) is 24.3 Å². The fourth-order valence-corrected chi connectivity index (χ4v) is 2.83. The van der Waals surface area contributed by atoms with Crippen LogP contribution in [0.2, 0.25) is 0 Å². The van der Waals surface area contributed by atoms with Crippen LogP contribution in [0.25, 0.3) is 0 Å². The molecule has 0 aliphatic carbocycles. The van der Waals surface area contributed by atoms with E-state index in [4.69, 9.17) is 4.74 Å². The van der Waals surface area contributed by atoms with Crippen LogP contribution in [0.1, 0.15) is 24.5 Å². The second-order valence-corrected chi connectivity index (χ2v) is 6.02. The van der Waals surface area contributed by atoms with Gasteiger partial charge in [0, 0.05) is 17.7 Å². The number of hydrogen-bond acceptors (Lipinski definition) is 3. The third-order valence-corrected chi connectivity index (χ3v) is 4.17. The summed E-state index contributed by atoms with van der Waals surface area (Å²) in [4.78, 5) is 12.7. The first kappa shape index (κ1) is 17.4. The largest absolute Gasteiger partial charge is 0.476 e. The molecular weight excluding hydrogens is 326 g/mol. The Balaban J connectivity index is 1.79. The summed E-state index contributed by atoms with van der Waals surface area (Å²) in [6.07, 6.45) is 0.762. The van der Waals surface area contributed by atoms with E-state index in [9.17, 15) is 13.6 Å². The van der Waals surface area contributed by atoms with E-state index in [0.717, 1.165) is 38.1 Å². The maximum Gasteiger partial charge on any atom is 0.266 e. The van der Waals surface area contributed by atoms with E-state index in [2.05, 4.69) is 10.6 Å². The topological polar surface area (TPSA) is 50.4 Å². The van der Waals surface area contributed by atoms with E-state index in [1.165, 1.54) is 6.07 Å². The summed E-state index contributed by atoms with van der Waals surface area (Å²) in [5, 5.41) is 6.23. The monoisotopic (exact) mass is 346 g/mol. The Bertz CT molecular complexity index is 719. The maximum absolute atomic E-state index is 13.4. The molecule has 132 valence electrons. The summed E-state index contributed by atoms with van der Waals surface area (Å²) in [5.41, 5.74) is 0.652. The number of benzene rings is 2. The highest BCUT2D eigenvalue weighted by atomic mass is 19.2. The summed E-state index contributed by atoms with van der Waals surface area (Å²) in [6.45, 7) is 1.70. The molecule has 1 fully saturated rings. The molecule has 1 aliphatic heterocycles. The van der Waals surface area contributed by atoms with Crippen molar-refractivity contribution in [2.45, 2.75) is 25.0 Å². The number of carbonyl (C=O) groups is 1. The second kappa shape index (κ2) is 8.07. The Morgan fingerprint density at radius 3 is 2.48 bits per heavy atom. The molecule has 1 unspecified atom stereocenters. The Kier molecular flexibility index (Phi) is 5.60. The van der Waals surface area contributed by atoms with E-state index < -0.39 is 17.7 Å². The minimum absolute atomic E-state index is 0.0773. The van der Waals surface area contributed by atoms with E-state index in [1.807, 2.05) is 6.07 Å². The van der Waals surface area contributed by atoms with E-state index >= 15 is 0 Å². The Labute approximate surface area is 145 Å². The molecule has 0 saturated carbocycles. The van der Waals surface area contributed by atoms with Crippen LogP contribution in [-0.2, 0) is 4.79 Å². The molecule has 0 bridgehead atoms. The van der Waals surface area contributed by atoms with Gasteiger partial charge in [0.05, 0.1) is 0 Å². The van der Waals surface area contributed by atoms with Gasteiger partial charge in [-0.05, 0) is 38.1 Å². The van der Waals surface area contributed by atoms with Crippen molar-refractivity contribution >= 4 is 5.91 Å². The van der Waals surface area contributed by atoms with Crippen LogP contribution in [0, 0.1) is 11.6 Å². The Hall–Kier alpha value is -2.47. The summed E-state index contributed by atoms with van der Waals surface area (Å²) >= 11 is 0. The van der Waals surface area contributed by atoms with Crippen molar-refractivity contribution in [2.24, 2.45) is 0 Å². The molecule has 6 heteroatoms. The first-order valence-electron chi connectivity index (χ1n) is 8.31. The first-order chi connectivity index (χ1) is 12.1. The quantitative estimate of drug-likeness (QED) is 0.875. The van der Waals surface area contributed by atoms with Crippen molar-refractivity contribution in [3.63, 3.8) is 0 Å². The number of piperidine rings is 1. The van der Waals surface area contributed by atoms with Gasteiger partial charge in [0.2, 0.25) is 6.10 Å². The molecule has 2 aromatic carbocycles. The van der Waals surface area contributed by atoms with Gasteiger partial charge in [-0.25, -0.2) is 8.78 Å². The molecule has 1 amide bonds. The van der Waals surface area contributed by atoms with Crippen LogP contribution >= 0.6 is 0 Å². The molecule has 1 saturated heterocycles. The molecule has 4 nitrogen and oxygen atoms in total. The number of hydrogen-bond donors (Lipinski definition) is 2. The molecule has 0 radical (unpaired) electrons. The molecule has 2 aromatic rings. The summed E-state index contributed by atoms with van der Waals surface area (Å²) < 4.78 is 32.3. The number of nitrogens with one attached hydrogen (secondary N) is 2. The normalized spacial score (nSPS) is 16.2. The third-order valence-electron chi connectivity index (χ3n) is 4.17. The van der Waals surface area contributed by atoms with Crippen molar-refractivity contribution in [1.82, 2.24) is 10.6 Å². The highest BCUT2D eigenvalue weighted by Crippen LogP contribution is 2.24. The van der Waals surface area contributed by atoms with Crippen molar-refractivity contribution in [1.29, 1.82) is 0 Å². The smallest absolute Gasteiger partial charge is 0.266 e. The van der Waals surface area contributed by atoms with Gasteiger partial charge in [0.1, 0.15) is 5.75 Å². The van der Waals surface area contributed by atoms with Gasteiger partial charge >= 0.3 is 0 Å². The summed E-state index contributed by atoms with van der Waals surface area (Å²) in [5.74, 6) is -2.15. The van der Waals surface area contributed by atoms with Crippen molar-refractivity contribution in [2.75, 3.05) is 13.1 Å². The number of halogens is 2. The Morgan fingerprint density at radius 2 is 1.80 bits per heavy atom. The maximum atomic E-state index is 13.4. The predicted octanol–water partition coefficient (Wildman–Crippen LogP) is 2.95. The first-order valence-corrected chi connectivity index (χ1v) is 8.31. The van der Waals surface area contributed by atoms with E-state index in [-0.39, 0.29) is 17.7 Å². The average Bonchev–Trinajstić information content (AvgIpc) is 2.64.